The van der Waals surface area contributed by atoms with Crippen LogP contribution in [0.5, 0.6) is 5.75 Å². The number of aryl methyl sites for hydroxylation is 2. The molecule has 0 unspecified atom stereocenters. The van der Waals surface area contributed by atoms with Gasteiger partial charge in [-0.25, -0.2) is 9.37 Å². The minimum absolute atomic E-state index is 0.164. The molecule has 0 spiro atoms. The molecule has 34 heavy (non-hydrogen) atoms. The van der Waals surface area contributed by atoms with Gasteiger partial charge in [-0.1, -0.05) is 36.4 Å². The second kappa shape index (κ2) is 9.03. The molecule has 0 radical (unpaired) electrons. The summed E-state index contributed by atoms with van der Waals surface area (Å²) in [5, 5.41) is 19.8. The van der Waals surface area contributed by atoms with E-state index in [9.17, 15) is 14.3 Å². The van der Waals surface area contributed by atoms with Gasteiger partial charge in [-0.05, 0) is 37.1 Å². The molecule has 3 heterocycles. The first-order valence-corrected chi connectivity index (χ1v) is 11.4. The Morgan fingerprint density at radius 2 is 1.97 bits per heavy atom. The van der Waals surface area contributed by atoms with E-state index in [0.29, 0.717) is 40.6 Å². The Labute approximate surface area is 197 Å². The van der Waals surface area contributed by atoms with Crippen LogP contribution in [0, 0.1) is 12.7 Å². The number of hydrogen-bond donors (Lipinski definition) is 1. The Bertz CT molecular complexity index is 1510. The quantitative estimate of drug-likeness (QED) is 0.369. The predicted octanol–water partition coefficient (Wildman–Crippen LogP) is 5.08. The standard InChI is InChI=1S/C25H19FN4O3S/c1-15-21(20-12-17(13-34-20)24-29-27-14-33-24)25(32)30(11-10-16-6-3-2-4-7-16)23(28-15)18-8-5-9-19(26)22(18)31/h2-9,12-14,31H,10-11H2,1H3. The molecule has 0 amide bonds. The fourth-order valence-electron chi connectivity index (χ4n) is 3.82. The summed E-state index contributed by atoms with van der Waals surface area (Å²) in [4.78, 5) is 19.2. The zero-order valence-corrected chi connectivity index (χ0v) is 18.9. The lowest BCUT2D eigenvalue weighted by Crippen LogP contribution is -2.27. The average molecular weight is 475 g/mol. The van der Waals surface area contributed by atoms with Crippen molar-refractivity contribution in [3.63, 3.8) is 0 Å². The lowest BCUT2D eigenvalue weighted by Gasteiger charge is -2.16. The van der Waals surface area contributed by atoms with Crippen molar-refractivity contribution in [2.24, 2.45) is 0 Å². The first-order valence-electron chi connectivity index (χ1n) is 10.5. The van der Waals surface area contributed by atoms with Gasteiger partial charge in [0, 0.05) is 16.8 Å². The molecule has 7 nitrogen and oxygen atoms in total. The summed E-state index contributed by atoms with van der Waals surface area (Å²) in [6.45, 7) is 2.03. The van der Waals surface area contributed by atoms with Crippen molar-refractivity contribution < 1.29 is 13.9 Å². The SMILES string of the molecule is Cc1nc(-c2cccc(F)c2O)n(CCc2ccccc2)c(=O)c1-c1cc(-c2nnco2)cs1. The summed E-state index contributed by atoms with van der Waals surface area (Å²) in [5.41, 5.74) is 2.54. The van der Waals surface area contributed by atoms with Crippen molar-refractivity contribution in [1.29, 1.82) is 0 Å². The van der Waals surface area contributed by atoms with Crippen LogP contribution in [0.4, 0.5) is 4.39 Å². The van der Waals surface area contributed by atoms with E-state index in [1.807, 2.05) is 41.8 Å². The fraction of sp³-hybridized carbons (Fsp3) is 0.120. The van der Waals surface area contributed by atoms with Crippen LogP contribution in [0.3, 0.4) is 0 Å². The van der Waals surface area contributed by atoms with Gasteiger partial charge in [-0.3, -0.25) is 9.36 Å². The van der Waals surface area contributed by atoms with Crippen LogP contribution in [0.1, 0.15) is 11.3 Å². The number of phenols is 1. The number of nitrogens with zero attached hydrogens (tertiary/aromatic N) is 4. The first-order chi connectivity index (χ1) is 16.5. The zero-order chi connectivity index (χ0) is 23.7. The van der Waals surface area contributed by atoms with E-state index in [4.69, 9.17) is 4.42 Å². The maximum Gasteiger partial charge on any atom is 0.262 e. The Hall–Kier alpha value is -4.11. The first kappa shape index (κ1) is 21.7. The number of halogens is 1. The maximum absolute atomic E-state index is 14.1. The van der Waals surface area contributed by atoms with Gasteiger partial charge in [-0.15, -0.1) is 21.5 Å². The number of hydrogen-bond acceptors (Lipinski definition) is 7. The molecule has 0 atom stereocenters. The predicted molar refractivity (Wildman–Crippen MR) is 127 cm³/mol. The highest BCUT2D eigenvalue weighted by molar-refractivity contribution is 7.14. The molecule has 1 N–H and O–H groups in total. The van der Waals surface area contributed by atoms with Gasteiger partial charge in [0.15, 0.2) is 11.6 Å². The molecule has 2 aromatic carbocycles. The van der Waals surface area contributed by atoms with Crippen LogP contribution in [-0.4, -0.2) is 24.9 Å². The molecular formula is C25H19FN4O3S. The summed E-state index contributed by atoms with van der Waals surface area (Å²) in [6, 6.07) is 15.7. The molecule has 0 aliphatic heterocycles. The summed E-state index contributed by atoms with van der Waals surface area (Å²) in [5.74, 6) is -0.734. The molecule has 5 rings (SSSR count). The smallest absolute Gasteiger partial charge is 0.262 e. The normalized spacial score (nSPS) is 11.1. The van der Waals surface area contributed by atoms with Crippen LogP contribution >= 0.6 is 11.3 Å². The third-order valence-electron chi connectivity index (χ3n) is 5.50. The van der Waals surface area contributed by atoms with Gasteiger partial charge in [0.2, 0.25) is 12.3 Å². The Balaban J connectivity index is 1.65. The van der Waals surface area contributed by atoms with Crippen LogP contribution in [0.2, 0.25) is 0 Å². The topological polar surface area (TPSA) is 94.0 Å². The van der Waals surface area contributed by atoms with E-state index in [1.54, 1.807) is 13.0 Å². The molecule has 0 fully saturated rings. The molecule has 0 saturated carbocycles. The average Bonchev–Trinajstić information content (AvgIpc) is 3.53. The van der Waals surface area contributed by atoms with Gasteiger partial charge in [0.25, 0.3) is 5.56 Å². The summed E-state index contributed by atoms with van der Waals surface area (Å²) >= 11 is 1.37. The van der Waals surface area contributed by atoms with Crippen molar-refractivity contribution in [3.8, 4) is 39.0 Å². The fourth-order valence-corrected chi connectivity index (χ4v) is 4.79. The number of rotatable bonds is 6. The van der Waals surface area contributed by atoms with Crippen molar-refractivity contribution >= 4 is 11.3 Å². The van der Waals surface area contributed by atoms with E-state index in [1.165, 1.54) is 28.4 Å². The molecule has 170 valence electrons. The number of aromatic nitrogens is 4. The van der Waals surface area contributed by atoms with Crippen molar-refractivity contribution in [1.82, 2.24) is 19.7 Å². The second-order valence-corrected chi connectivity index (χ2v) is 8.58. The Morgan fingerprint density at radius 3 is 2.74 bits per heavy atom. The minimum atomic E-state index is -0.773. The molecule has 0 aliphatic carbocycles. The third kappa shape index (κ3) is 4.01. The highest BCUT2D eigenvalue weighted by Gasteiger charge is 2.21. The monoisotopic (exact) mass is 474 g/mol. The highest BCUT2D eigenvalue weighted by atomic mass is 32.1. The molecule has 9 heteroatoms. The van der Waals surface area contributed by atoms with Crippen molar-refractivity contribution in [2.45, 2.75) is 19.9 Å². The molecule has 3 aromatic heterocycles. The van der Waals surface area contributed by atoms with Crippen LogP contribution < -0.4 is 5.56 Å². The maximum atomic E-state index is 14.1. The lowest BCUT2D eigenvalue weighted by atomic mass is 10.1. The molecular weight excluding hydrogens is 455 g/mol. The highest BCUT2D eigenvalue weighted by Crippen LogP contribution is 2.34. The molecule has 5 aromatic rings. The van der Waals surface area contributed by atoms with Gasteiger partial charge in [-0.2, -0.15) is 0 Å². The molecule has 0 saturated heterocycles. The van der Waals surface area contributed by atoms with Crippen LogP contribution in [-0.2, 0) is 13.0 Å². The summed E-state index contributed by atoms with van der Waals surface area (Å²) < 4.78 is 20.9. The second-order valence-electron chi connectivity index (χ2n) is 7.67. The van der Waals surface area contributed by atoms with E-state index >= 15 is 0 Å². The number of thiophene rings is 1. The van der Waals surface area contributed by atoms with E-state index in [2.05, 4.69) is 15.2 Å². The van der Waals surface area contributed by atoms with Gasteiger partial charge < -0.3 is 9.52 Å². The van der Waals surface area contributed by atoms with Crippen molar-refractivity contribution in [3.05, 3.63) is 93.8 Å². The van der Waals surface area contributed by atoms with Gasteiger partial charge in [0.1, 0.15) is 5.82 Å². The van der Waals surface area contributed by atoms with Gasteiger partial charge >= 0.3 is 0 Å². The number of para-hydroxylation sites is 1. The largest absolute Gasteiger partial charge is 0.504 e. The van der Waals surface area contributed by atoms with E-state index in [-0.39, 0.29) is 16.9 Å². The lowest BCUT2D eigenvalue weighted by molar-refractivity contribution is 0.433. The van der Waals surface area contributed by atoms with E-state index in [0.717, 1.165) is 11.6 Å². The van der Waals surface area contributed by atoms with Crippen LogP contribution in [0.15, 0.2) is 75.6 Å². The number of benzene rings is 2. The van der Waals surface area contributed by atoms with Gasteiger partial charge in [0.05, 0.1) is 22.4 Å². The van der Waals surface area contributed by atoms with Crippen LogP contribution in [0.25, 0.3) is 33.3 Å². The van der Waals surface area contributed by atoms with Crippen molar-refractivity contribution in [2.75, 3.05) is 0 Å². The third-order valence-corrected chi connectivity index (χ3v) is 6.45. The summed E-state index contributed by atoms with van der Waals surface area (Å²) in [6.07, 6.45) is 1.81. The minimum Gasteiger partial charge on any atom is -0.504 e. The molecule has 0 bridgehead atoms. The zero-order valence-electron chi connectivity index (χ0n) is 18.1. The van der Waals surface area contributed by atoms with E-state index < -0.39 is 11.6 Å². The summed E-state index contributed by atoms with van der Waals surface area (Å²) in [7, 11) is 0. The number of phenolic OH excluding ortho intramolecular Hbond substituents is 1. The Morgan fingerprint density at radius 1 is 1.15 bits per heavy atom. The Kier molecular flexibility index (Phi) is 5.77. The molecule has 0 aliphatic rings. The number of aromatic hydroxyl groups is 1.